The summed E-state index contributed by atoms with van der Waals surface area (Å²) in [4.78, 5) is 25.4. The summed E-state index contributed by atoms with van der Waals surface area (Å²) in [6, 6.07) is 0. The van der Waals surface area contributed by atoms with E-state index in [-0.39, 0.29) is 26.1 Å². The zero-order valence-electron chi connectivity index (χ0n) is 38.4. The molecule has 0 amide bonds. The van der Waals surface area contributed by atoms with Crippen LogP contribution in [0.2, 0.25) is 0 Å². The molecule has 0 aromatic rings. The van der Waals surface area contributed by atoms with Gasteiger partial charge in [0.15, 0.2) is 12.4 Å². The smallest absolute Gasteiger partial charge is 0.306 e. The van der Waals surface area contributed by atoms with Gasteiger partial charge in [0.1, 0.15) is 31.0 Å². The number of aliphatic hydroxyl groups excluding tert-OH is 4. The van der Waals surface area contributed by atoms with Crippen LogP contribution in [0.1, 0.15) is 194 Å². The lowest BCUT2D eigenvalue weighted by Crippen LogP contribution is -2.59. The van der Waals surface area contributed by atoms with Crippen LogP contribution in [0.15, 0.2) is 60.8 Å². The second-order valence-corrected chi connectivity index (χ2v) is 16.6. The lowest BCUT2D eigenvalue weighted by molar-refractivity contribution is -0.305. The van der Waals surface area contributed by atoms with Crippen molar-refractivity contribution in [3.63, 3.8) is 0 Å². The predicted molar refractivity (Wildman–Crippen MR) is 247 cm³/mol. The molecule has 1 saturated heterocycles. The Kier molecular flexibility index (Phi) is 38.3. The minimum Gasteiger partial charge on any atom is -0.462 e. The molecule has 61 heavy (non-hydrogen) atoms. The summed E-state index contributed by atoms with van der Waals surface area (Å²) >= 11 is 0. The van der Waals surface area contributed by atoms with Crippen LogP contribution in [0.5, 0.6) is 0 Å². The molecule has 4 N–H and O–H groups in total. The van der Waals surface area contributed by atoms with Crippen molar-refractivity contribution in [3.8, 4) is 0 Å². The number of allylic oxidation sites excluding steroid dienone is 10. The zero-order chi connectivity index (χ0) is 44.4. The van der Waals surface area contributed by atoms with Crippen molar-refractivity contribution in [2.24, 2.45) is 0 Å². The second kappa shape index (κ2) is 41.4. The topological polar surface area (TPSA) is 152 Å². The van der Waals surface area contributed by atoms with Crippen molar-refractivity contribution < 1.29 is 49.0 Å². The lowest BCUT2D eigenvalue weighted by Gasteiger charge is -2.39. The fourth-order valence-corrected chi connectivity index (χ4v) is 7.05. The van der Waals surface area contributed by atoms with Crippen molar-refractivity contribution in [2.75, 3.05) is 19.8 Å². The normalized spacial score (nSPS) is 20.3. The lowest BCUT2D eigenvalue weighted by atomic mass is 9.99. The molecule has 1 rings (SSSR count). The van der Waals surface area contributed by atoms with E-state index in [0.29, 0.717) is 12.8 Å². The molecule has 0 aromatic carbocycles. The quantitative estimate of drug-likeness (QED) is 0.0266. The average Bonchev–Trinajstić information content (AvgIpc) is 3.26. The van der Waals surface area contributed by atoms with Gasteiger partial charge in [0, 0.05) is 12.8 Å². The Labute approximate surface area is 370 Å². The molecule has 0 spiro atoms. The largest absolute Gasteiger partial charge is 0.462 e. The molecule has 0 saturated carbocycles. The third-order valence-corrected chi connectivity index (χ3v) is 10.9. The summed E-state index contributed by atoms with van der Waals surface area (Å²) in [6.07, 6.45) is 43.8. The highest BCUT2D eigenvalue weighted by Crippen LogP contribution is 2.23. The van der Waals surface area contributed by atoms with E-state index in [0.717, 1.165) is 44.9 Å². The molecule has 1 heterocycles. The Morgan fingerprint density at radius 2 is 0.951 bits per heavy atom. The highest BCUT2D eigenvalue weighted by molar-refractivity contribution is 5.70. The first-order chi connectivity index (χ1) is 29.8. The molecular weight excluding hydrogens is 773 g/mol. The van der Waals surface area contributed by atoms with Gasteiger partial charge >= 0.3 is 11.9 Å². The van der Waals surface area contributed by atoms with Gasteiger partial charge in [-0.1, -0.05) is 190 Å². The first-order valence-corrected chi connectivity index (χ1v) is 24.4. The van der Waals surface area contributed by atoms with E-state index >= 15 is 0 Å². The maximum absolute atomic E-state index is 12.8. The number of carbonyl (C=O) groups is 2. The standard InChI is InChI=1S/C51H88O10/c1-3-5-7-9-11-13-15-17-19-21-22-24-25-27-29-31-33-35-37-39-46(53)58-42-44(43-59-51-50(57)49(56)48(55)45(41-52)61-51)60-47(54)40-38-36-34-32-30-28-26-23-20-18-16-14-12-10-8-6-4-2/h11,13,17,19,22,24,27,29,33,35,44-45,48-52,55-57H,3-10,12,14-16,18,20-21,23,25-26,28,30-32,34,36-43H2,1-2H3/b13-11+,19-17+,24-22+,29-27+,35-33+/t44-,45-,48+,49?,50?,51-/m0/s1. The number of rotatable bonds is 40. The first kappa shape index (κ1) is 56.4. The van der Waals surface area contributed by atoms with Gasteiger partial charge in [-0.25, -0.2) is 0 Å². The third kappa shape index (κ3) is 32.7. The Morgan fingerprint density at radius 3 is 1.44 bits per heavy atom. The molecule has 10 nitrogen and oxygen atoms in total. The number of aliphatic hydroxyl groups is 4. The van der Waals surface area contributed by atoms with Gasteiger partial charge in [-0.3, -0.25) is 9.59 Å². The highest BCUT2D eigenvalue weighted by atomic mass is 16.7. The van der Waals surface area contributed by atoms with Crippen molar-refractivity contribution in [2.45, 2.75) is 230 Å². The van der Waals surface area contributed by atoms with E-state index in [1.807, 2.05) is 12.2 Å². The third-order valence-electron chi connectivity index (χ3n) is 10.9. The number of hydrogen-bond donors (Lipinski definition) is 4. The number of unbranched alkanes of at least 4 members (excludes halogenated alkanes) is 19. The van der Waals surface area contributed by atoms with Gasteiger partial charge in [0.25, 0.3) is 0 Å². The summed E-state index contributed by atoms with van der Waals surface area (Å²) in [5.74, 6) is -0.899. The molecular formula is C51H88O10. The molecule has 10 heteroatoms. The van der Waals surface area contributed by atoms with E-state index in [2.05, 4.69) is 62.5 Å². The molecule has 6 atom stereocenters. The van der Waals surface area contributed by atoms with Crippen LogP contribution >= 0.6 is 0 Å². The summed E-state index contributed by atoms with van der Waals surface area (Å²) in [6.45, 7) is 3.33. The van der Waals surface area contributed by atoms with E-state index in [4.69, 9.17) is 18.9 Å². The summed E-state index contributed by atoms with van der Waals surface area (Å²) < 4.78 is 22.1. The van der Waals surface area contributed by atoms with Crippen LogP contribution in [-0.2, 0) is 28.5 Å². The van der Waals surface area contributed by atoms with Gasteiger partial charge in [0.2, 0.25) is 0 Å². The number of carbonyl (C=O) groups excluding carboxylic acids is 2. The van der Waals surface area contributed by atoms with Crippen molar-refractivity contribution in [1.29, 1.82) is 0 Å². The molecule has 0 bridgehead atoms. The summed E-state index contributed by atoms with van der Waals surface area (Å²) in [5, 5.41) is 40.1. The van der Waals surface area contributed by atoms with Crippen LogP contribution in [0.4, 0.5) is 0 Å². The predicted octanol–water partition coefficient (Wildman–Crippen LogP) is 11.0. The second-order valence-electron chi connectivity index (χ2n) is 16.6. The number of ether oxygens (including phenoxy) is 4. The fourth-order valence-electron chi connectivity index (χ4n) is 7.05. The molecule has 2 unspecified atom stereocenters. The van der Waals surface area contributed by atoms with E-state index in [9.17, 15) is 30.0 Å². The van der Waals surface area contributed by atoms with Gasteiger partial charge in [0.05, 0.1) is 13.2 Å². The summed E-state index contributed by atoms with van der Waals surface area (Å²) in [7, 11) is 0. The molecule has 1 aliphatic rings. The molecule has 1 aliphatic heterocycles. The number of hydrogen-bond acceptors (Lipinski definition) is 10. The monoisotopic (exact) mass is 861 g/mol. The molecule has 0 aromatic heterocycles. The van der Waals surface area contributed by atoms with E-state index in [1.54, 1.807) is 0 Å². The minimum absolute atomic E-state index is 0.151. The van der Waals surface area contributed by atoms with Crippen molar-refractivity contribution in [1.82, 2.24) is 0 Å². The zero-order valence-corrected chi connectivity index (χ0v) is 38.4. The van der Waals surface area contributed by atoms with Gasteiger partial charge in [-0.05, 0) is 51.4 Å². The Balaban J connectivity index is 2.35. The van der Waals surface area contributed by atoms with Crippen molar-refractivity contribution >= 4 is 11.9 Å². The van der Waals surface area contributed by atoms with E-state index < -0.39 is 55.4 Å². The first-order valence-electron chi connectivity index (χ1n) is 24.4. The Hall–Kier alpha value is -2.60. The van der Waals surface area contributed by atoms with Crippen LogP contribution in [0.25, 0.3) is 0 Å². The van der Waals surface area contributed by atoms with Gasteiger partial charge < -0.3 is 39.4 Å². The van der Waals surface area contributed by atoms with Crippen molar-refractivity contribution in [3.05, 3.63) is 60.8 Å². The molecule has 0 aliphatic carbocycles. The summed E-state index contributed by atoms with van der Waals surface area (Å²) in [5.41, 5.74) is 0. The maximum atomic E-state index is 12.8. The number of esters is 2. The van der Waals surface area contributed by atoms with Crippen LogP contribution in [-0.4, -0.2) is 89.0 Å². The van der Waals surface area contributed by atoms with Crippen LogP contribution in [0.3, 0.4) is 0 Å². The van der Waals surface area contributed by atoms with Crippen LogP contribution in [0, 0.1) is 0 Å². The Morgan fingerprint density at radius 1 is 0.508 bits per heavy atom. The molecule has 0 radical (unpaired) electrons. The van der Waals surface area contributed by atoms with Crippen LogP contribution < -0.4 is 0 Å². The fraction of sp³-hybridized carbons (Fsp3) is 0.765. The minimum atomic E-state index is -1.61. The Bertz CT molecular complexity index is 1180. The van der Waals surface area contributed by atoms with E-state index in [1.165, 1.54) is 109 Å². The molecule has 1 fully saturated rings. The SMILES string of the molecule is CCCCC/C=C/C/C=C/C/C=C/C/C=C/C/C=C/CCC(=O)OC[C@@H](CO[C@H]1O[C@@H](CO)[C@@H](O)C(O)C1O)OC(=O)CCCCCCCCCCCCCCCCCCC. The van der Waals surface area contributed by atoms with Gasteiger partial charge in [-0.2, -0.15) is 0 Å². The average molecular weight is 861 g/mol. The highest BCUT2D eigenvalue weighted by Gasteiger charge is 2.44. The van der Waals surface area contributed by atoms with Gasteiger partial charge in [-0.15, -0.1) is 0 Å². The maximum Gasteiger partial charge on any atom is 0.306 e. The molecule has 352 valence electrons.